The van der Waals surface area contributed by atoms with Crippen molar-refractivity contribution in [2.75, 3.05) is 18.8 Å². The lowest BCUT2D eigenvalue weighted by molar-refractivity contribution is -0.137. The van der Waals surface area contributed by atoms with E-state index >= 15 is 0 Å². The number of thioether (sulfide) groups is 1. The molecule has 1 heterocycles. The van der Waals surface area contributed by atoms with Gasteiger partial charge in [0.2, 0.25) is 5.91 Å². The molecule has 0 aromatic rings. The second-order valence-corrected chi connectivity index (χ2v) is 6.47. The second kappa shape index (κ2) is 5.36. The molecule has 0 aromatic carbocycles. The van der Waals surface area contributed by atoms with E-state index in [2.05, 4.69) is 6.92 Å². The summed E-state index contributed by atoms with van der Waals surface area (Å²) >= 11 is 6.94. The predicted octanol–water partition coefficient (Wildman–Crippen LogP) is 1.65. The molecule has 2 unspecified atom stereocenters. The SMILES string of the molecule is CCC(C)(C(=O)N1CCSC(C)C1)C(N)=S. The Morgan fingerprint density at radius 2 is 2.31 bits per heavy atom. The van der Waals surface area contributed by atoms with Gasteiger partial charge in [-0.15, -0.1) is 0 Å². The van der Waals surface area contributed by atoms with Gasteiger partial charge in [-0.3, -0.25) is 4.79 Å². The van der Waals surface area contributed by atoms with Crippen LogP contribution in [0.2, 0.25) is 0 Å². The van der Waals surface area contributed by atoms with Crippen molar-refractivity contribution in [3.05, 3.63) is 0 Å². The average Bonchev–Trinajstić information content (AvgIpc) is 2.26. The molecule has 0 saturated carbocycles. The summed E-state index contributed by atoms with van der Waals surface area (Å²) in [6, 6.07) is 0. The van der Waals surface area contributed by atoms with Crippen molar-refractivity contribution in [3.8, 4) is 0 Å². The third-order valence-corrected chi connectivity index (χ3v) is 4.84. The summed E-state index contributed by atoms with van der Waals surface area (Å²) in [6.45, 7) is 7.57. The van der Waals surface area contributed by atoms with E-state index in [1.165, 1.54) is 0 Å². The van der Waals surface area contributed by atoms with Crippen LogP contribution in [0.1, 0.15) is 27.2 Å². The standard InChI is InChI=1S/C11H20N2OS2/c1-4-11(3,9(12)15)10(14)13-5-6-16-8(2)7-13/h8H,4-7H2,1-3H3,(H2,12,15). The minimum atomic E-state index is -0.670. The highest BCUT2D eigenvalue weighted by atomic mass is 32.2. The third-order valence-electron chi connectivity index (χ3n) is 3.25. The van der Waals surface area contributed by atoms with E-state index in [0.29, 0.717) is 16.7 Å². The lowest BCUT2D eigenvalue weighted by Gasteiger charge is -2.37. The van der Waals surface area contributed by atoms with Crippen LogP contribution in [-0.2, 0) is 4.79 Å². The molecule has 1 aliphatic heterocycles. The topological polar surface area (TPSA) is 46.3 Å². The zero-order valence-electron chi connectivity index (χ0n) is 10.2. The molecule has 16 heavy (non-hydrogen) atoms. The summed E-state index contributed by atoms with van der Waals surface area (Å²) in [5, 5.41) is 0.505. The number of nitrogens with zero attached hydrogens (tertiary/aromatic N) is 1. The van der Waals surface area contributed by atoms with Crippen molar-refractivity contribution < 1.29 is 4.79 Å². The highest BCUT2D eigenvalue weighted by molar-refractivity contribution is 7.99. The normalized spacial score (nSPS) is 24.9. The highest BCUT2D eigenvalue weighted by Crippen LogP contribution is 2.27. The number of carbonyl (C=O) groups is 1. The fourth-order valence-electron chi connectivity index (χ4n) is 1.78. The van der Waals surface area contributed by atoms with Gasteiger partial charge in [-0.25, -0.2) is 0 Å². The first-order valence-electron chi connectivity index (χ1n) is 5.62. The number of nitrogens with two attached hydrogens (primary N) is 1. The molecule has 1 rings (SSSR count). The molecule has 0 spiro atoms. The fraction of sp³-hybridized carbons (Fsp3) is 0.818. The summed E-state index contributed by atoms with van der Waals surface area (Å²) in [6.07, 6.45) is 0.666. The van der Waals surface area contributed by atoms with E-state index in [1.807, 2.05) is 30.5 Å². The number of carbonyl (C=O) groups excluding carboxylic acids is 1. The van der Waals surface area contributed by atoms with E-state index in [0.717, 1.165) is 18.8 Å². The Labute approximate surface area is 107 Å². The summed E-state index contributed by atoms with van der Waals surface area (Å²) in [4.78, 5) is 14.6. The molecule has 1 aliphatic rings. The molecule has 1 fully saturated rings. The Bertz CT molecular complexity index is 296. The third kappa shape index (κ3) is 2.69. The quantitative estimate of drug-likeness (QED) is 0.784. The molecule has 0 aliphatic carbocycles. The van der Waals surface area contributed by atoms with Gasteiger partial charge >= 0.3 is 0 Å². The molecule has 1 amide bonds. The molecule has 1 saturated heterocycles. The molecule has 2 N–H and O–H groups in total. The molecule has 0 aromatic heterocycles. The molecule has 2 atom stereocenters. The van der Waals surface area contributed by atoms with Gasteiger partial charge in [0, 0.05) is 24.1 Å². The van der Waals surface area contributed by atoms with Gasteiger partial charge in [0.1, 0.15) is 0 Å². The van der Waals surface area contributed by atoms with Crippen LogP contribution in [-0.4, -0.2) is 39.9 Å². The maximum Gasteiger partial charge on any atom is 0.235 e. The van der Waals surface area contributed by atoms with Crippen molar-refractivity contribution in [3.63, 3.8) is 0 Å². The van der Waals surface area contributed by atoms with Gasteiger partial charge in [0.25, 0.3) is 0 Å². The molecular formula is C11H20N2OS2. The number of thiocarbonyl (C=S) groups is 1. The summed E-state index contributed by atoms with van der Waals surface area (Å²) in [7, 11) is 0. The van der Waals surface area contributed by atoms with Crippen LogP contribution in [0.4, 0.5) is 0 Å². The number of hydrogen-bond acceptors (Lipinski definition) is 3. The van der Waals surface area contributed by atoms with Gasteiger partial charge in [-0.2, -0.15) is 11.8 Å². The Morgan fingerprint density at radius 3 is 2.75 bits per heavy atom. The minimum absolute atomic E-state index is 0.0923. The van der Waals surface area contributed by atoms with Crippen LogP contribution in [0.5, 0.6) is 0 Å². The number of hydrogen-bond donors (Lipinski definition) is 1. The summed E-state index contributed by atoms with van der Waals surface area (Å²) < 4.78 is 0. The highest BCUT2D eigenvalue weighted by Gasteiger charge is 2.38. The molecule has 92 valence electrons. The summed E-state index contributed by atoms with van der Waals surface area (Å²) in [5.41, 5.74) is 5.03. The fourth-order valence-corrected chi connectivity index (χ4v) is 3.03. The van der Waals surface area contributed by atoms with Crippen molar-refractivity contribution in [1.29, 1.82) is 0 Å². The molecular weight excluding hydrogens is 240 g/mol. The van der Waals surface area contributed by atoms with Gasteiger partial charge in [0.15, 0.2) is 0 Å². The number of amides is 1. The van der Waals surface area contributed by atoms with E-state index in [4.69, 9.17) is 18.0 Å². The van der Waals surface area contributed by atoms with Crippen LogP contribution in [0.3, 0.4) is 0 Å². The lowest BCUT2D eigenvalue weighted by atomic mass is 9.85. The lowest BCUT2D eigenvalue weighted by Crippen LogP contribution is -2.52. The molecule has 3 nitrogen and oxygen atoms in total. The van der Waals surface area contributed by atoms with Crippen molar-refractivity contribution in [2.45, 2.75) is 32.4 Å². The summed E-state index contributed by atoms with van der Waals surface area (Å²) in [5.74, 6) is 1.10. The van der Waals surface area contributed by atoms with Gasteiger partial charge in [0.05, 0.1) is 10.4 Å². The molecule has 0 radical (unpaired) electrons. The predicted molar refractivity (Wildman–Crippen MR) is 73.7 cm³/mol. The van der Waals surface area contributed by atoms with Crippen molar-refractivity contribution in [1.82, 2.24) is 4.90 Å². The largest absolute Gasteiger partial charge is 0.392 e. The van der Waals surface area contributed by atoms with E-state index in [-0.39, 0.29) is 5.91 Å². The van der Waals surface area contributed by atoms with Crippen molar-refractivity contribution in [2.24, 2.45) is 11.1 Å². The zero-order valence-corrected chi connectivity index (χ0v) is 11.8. The maximum absolute atomic E-state index is 12.4. The van der Waals surface area contributed by atoms with Gasteiger partial charge in [-0.05, 0) is 13.3 Å². The number of rotatable bonds is 3. The Kier molecular flexibility index (Phi) is 4.62. The maximum atomic E-state index is 12.4. The zero-order chi connectivity index (χ0) is 12.3. The first-order valence-corrected chi connectivity index (χ1v) is 7.08. The van der Waals surface area contributed by atoms with Crippen LogP contribution in [0.15, 0.2) is 0 Å². The van der Waals surface area contributed by atoms with E-state index < -0.39 is 5.41 Å². The van der Waals surface area contributed by atoms with Crippen LogP contribution in [0, 0.1) is 5.41 Å². The Morgan fingerprint density at radius 1 is 1.69 bits per heavy atom. The first-order chi connectivity index (χ1) is 7.41. The minimum Gasteiger partial charge on any atom is -0.392 e. The van der Waals surface area contributed by atoms with Crippen LogP contribution < -0.4 is 5.73 Å². The van der Waals surface area contributed by atoms with Gasteiger partial charge < -0.3 is 10.6 Å². The van der Waals surface area contributed by atoms with E-state index in [1.54, 1.807) is 0 Å². The Balaban J connectivity index is 2.79. The average molecular weight is 260 g/mol. The molecule has 0 bridgehead atoms. The van der Waals surface area contributed by atoms with Crippen LogP contribution in [0.25, 0.3) is 0 Å². The molecule has 5 heteroatoms. The van der Waals surface area contributed by atoms with Crippen molar-refractivity contribution >= 4 is 34.9 Å². The second-order valence-electron chi connectivity index (χ2n) is 4.48. The Hall–Kier alpha value is -0.290. The van der Waals surface area contributed by atoms with Gasteiger partial charge in [-0.1, -0.05) is 26.1 Å². The monoisotopic (exact) mass is 260 g/mol. The first kappa shape index (κ1) is 13.8. The smallest absolute Gasteiger partial charge is 0.235 e. The van der Waals surface area contributed by atoms with E-state index in [9.17, 15) is 4.79 Å². The van der Waals surface area contributed by atoms with Crippen LogP contribution >= 0.6 is 24.0 Å².